The van der Waals surface area contributed by atoms with E-state index in [0.29, 0.717) is 12.1 Å². The molecule has 0 unspecified atom stereocenters. The molecule has 0 spiro atoms. The lowest BCUT2D eigenvalue weighted by Crippen LogP contribution is -2.09. The van der Waals surface area contributed by atoms with Crippen molar-refractivity contribution in [2.24, 2.45) is 7.05 Å². The summed E-state index contributed by atoms with van der Waals surface area (Å²) >= 11 is 0. The molecule has 2 N–H and O–H groups in total. The molecule has 0 atom stereocenters. The summed E-state index contributed by atoms with van der Waals surface area (Å²) in [6, 6.07) is 9.27. The second kappa shape index (κ2) is 5.44. The minimum absolute atomic E-state index is 0.269. The lowest BCUT2D eigenvalue weighted by atomic mass is 10.1. The minimum atomic E-state index is 0.269. The zero-order chi connectivity index (χ0) is 13.8. The lowest BCUT2D eigenvalue weighted by Gasteiger charge is -2.07. The monoisotopic (exact) mass is 256 g/mol. The first-order chi connectivity index (χ1) is 9.11. The summed E-state index contributed by atoms with van der Waals surface area (Å²) in [5.41, 5.74) is 2.45. The zero-order valence-corrected chi connectivity index (χ0v) is 11.0. The van der Waals surface area contributed by atoms with Gasteiger partial charge in [-0.05, 0) is 31.0 Å². The van der Waals surface area contributed by atoms with Gasteiger partial charge in [0.2, 0.25) is 0 Å². The smallest absolute Gasteiger partial charge is 0.142 e. The van der Waals surface area contributed by atoms with Gasteiger partial charge in [0.05, 0.1) is 5.69 Å². The number of aromatic nitrogens is 2. The molecule has 2 rings (SSSR count). The van der Waals surface area contributed by atoms with E-state index in [1.807, 2.05) is 26.1 Å². The van der Waals surface area contributed by atoms with Crippen molar-refractivity contribution in [3.63, 3.8) is 0 Å². The molecule has 0 bridgehead atoms. The van der Waals surface area contributed by atoms with Gasteiger partial charge < -0.3 is 10.4 Å². The van der Waals surface area contributed by atoms with Crippen molar-refractivity contribution in [2.75, 3.05) is 11.9 Å². The molecule has 1 heterocycles. The average Bonchev–Trinajstić information content (AvgIpc) is 2.66. The SMILES string of the molecule is Cc1nn(C)c(NCCc2ccc(O)cc2)c1C#N. The Balaban J connectivity index is 2.00. The molecular formula is C14H16N4O. The van der Waals surface area contributed by atoms with Crippen LogP contribution >= 0.6 is 0 Å². The van der Waals surface area contributed by atoms with Crippen LogP contribution in [0.4, 0.5) is 5.82 Å². The van der Waals surface area contributed by atoms with Crippen LogP contribution < -0.4 is 5.32 Å². The normalized spacial score (nSPS) is 10.2. The summed E-state index contributed by atoms with van der Waals surface area (Å²) in [4.78, 5) is 0. The third-order valence-electron chi connectivity index (χ3n) is 2.98. The molecule has 0 aliphatic rings. The number of hydrogen-bond acceptors (Lipinski definition) is 4. The van der Waals surface area contributed by atoms with Gasteiger partial charge in [0, 0.05) is 13.6 Å². The van der Waals surface area contributed by atoms with Gasteiger partial charge >= 0.3 is 0 Å². The third kappa shape index (κ3) is 2.86. The Morgan fingerprint density at radius 2 is 2.05 bits per heavy atom. The van der Waals surface area contributed by atoms with Gasteiger partial charge in [-0.2, -0.15) is 10.4 Å². The van der Waals surface area contributed by atoms with Crippen LogP contribution in [0.15, 0.2) is 24.3 Å². The highest BCUT2D eigenvalue weighted by atomic mass is 16.3. The van der Waals surface area contributed by atoms with E-state index in [0.717, 1.165) is 23.5 Å². The highest BCUT2D eigenvalue weighted by Crippen LogP contribution is 2.17. The fourth-order valence-corrected chi connectivity index (χ4v) is 1.98. The number of aromatic hydroxyl groups is 1. The molecule has 0 aliphatic carbocycles. The molecule has 19 heavy (non-hydrogen) atoms. The standard InChI is InChI=1S/C14H16N4O/c1-10-13(9-15)14(18(2)17-10)16-8-7-11-3-5-12(19)6-4-11/h3-6,16,19H,7-8H2,1-2H3. The first-order valence-electron chi connectivity index (χ1n) is 6.07. The number of anilines is 1. The van der Waals surface area contributed by atoms with Crippen molar-refractivity contribution >= 4 is 5.82 Å². The van der Waals surface area contributed by atoms with Crippen LogP contribution in [0.5, 0.6) is 5.75 Å². The maximum Gasteiger partial charge on any atom is 0.142 e. The number of phenols is 1. The number of nitrogens with one attached hydrogen (secondary N) is 1. The molecule has 1 aromatic carbocycles. The van der Waals surface area contributed by atoms with Crippen LogP contribution in [0.2, 0.25) is 0 Å². The molecule has 0 saturated carbocycles. The Bertz CT molecular complexity index is 608. The summed E-state index contributed by atoms with van der Waals surface area (Å²) in [5, 5.41) is 25.7. The fraction of sp³-hybridized carbons (Fsp3) is 0.286. The van der Waals surface area contributed by atoms with E-state index in [-0.39, 0.29) is 5.75 Å². The van der Waals surface area contributed by atoms with Crippen LogP contribution in [0, 0.1) is 18.3 Å². The van der Waals surface area contributed by atoms with E-state index in [4.69, 9.17) is 5.26 Å². The Kier molecular flexibility index (Phi) is 3.71. The van der Waals surface area contributed by atoms with Crippen molar-refractivity contribution in [1.29, 1.82) is 5.26 Å². The summed E-state index contributed by atoms with van der Waals surface area (Å²) in [5.74, 6) is 1.02. The molecule has 1 aromatic heterocycles. The summed E-state index contributed by atoms with van der Waals surface area (Å²) < 4.78 is 1.69. The van der Waals surface area contributed by atoms with Gasteiger partial charge in [-0.25, -0.2) is 0 Å². The van der Waals surface area contributed by atoms with Crippen LogP contribution in [0.1, 0.15) is 16.8 Å². The van der Waals surface area contributed by atoms with E-state index in [2.05, 4.69) is 16.5 Å². The van der Waals surface area contributed by atoms with Gasteiger partial charge in [0.1, 0.15) is 23.2 Å². The number of phenolic OH excluding ortho intramolecular Hbond substituents is 1. The largest absolute Gasteiger partial charge is 0.508 e. The number of rotatable bonds is 4. The molecule has 0 fully saturated rings. The fourth-order valence-electron chi connectivity index (χ4n) is 1.98. The Labute approximate surface area is 112 Å². The van der Waals surface area contributed by atoms with Crippen molar-refractivity contribution < 1.29 is 5.11 Å². The number of nitriles is 1. The van der Waals surface area contributed by atoms with Crippen molar-refractivity contribution in [2.45, 2.75) is 13.3 Å². The zero-order valence-electron chi connectivity index (χ0n) is 11.0. The average molecular weight is 256 g/mol. The number of hydrogen-bond donors (Lipinski definition) is 2. The van der Waals surface area contributed by atoms with Gasteiger partial charge in [-0.3, -0.25) is 4.68 Å². The van der Waals surface area contributed by atoms with E-state index in [1.54, 1.807) is 16.8 Å². The van der Waals surface area contributed by atoms with Crippen LogP contribution in [-0.2, 0) is 13.5 Å². The second-order valence-electron chi connectivity index (χ2n) is 4.39. The van der Waals surface area contributed by atoms with Crippen LogP contribution in [0.3, 0.4) is 0 Å². The molecule has 0 amide bonds. The number of nitrogens with zero attached hydrogens (tertiary/aromatic N) is 3. The van der Waals surface area contributed by atoms with E-state index < -0.39 is 0 Å². The predicted molar refractivity (Wildman–Crippen MR) is 73.0 cm³/mol. The molecule has 2 aromatic rings. The van der Waals surface area contributed by atoms with Crippen molar-refractivity contribution in [1.82, 2.24) is 9.78 Å². The number of benzene rings is 1. The van der Waals surface area contributed by atoms with Gasteiger partial charge in [-0.15, -0.1) is 0 Å². The number of aryl methyl sites for hydroxylation is 2. The van der Waals surface area contributed by atoms with Gasteiger partial charge in [0.15, 0.2) is 0 Å². The van der Waals surface area contributed by atoms with Crippen molar-refractivity contribution in [3.8, 4) is 11.8 Å². The lowest BCUT2D eigenvalue weighted by molar-refractivity contribution is 0.475. The van der Waals surface area contributed by atoms with E-state index in [1.165, 1.54) is 0 Å². The Morgan fingerprint density at radius 3 is 2.68 bits per heavy atom. The van der Waals surface area contributed by atoms with E-state index in [9.17, 15) is 5.11 Å². The highest BCUT2D eigenvalue weighted by Gasteiger charge is 2.11. The third-order valence-corrected chi connectivity index (χ3v) is 2.98. The summed E-state index contributed by atoms with van der Waals surface area (Å²) in [7, 11) is 1.82. The molecule has 0 aliphatic heterocycles. The first kappa shape index (κ1) is 13.0. The molecule has 5 heteroatoms. The molecule has 0 saturated heterocycles. The van der Waals surface area contributed by atoms with Crippen LogP contribution in [-0.4, -0.2) is 21.4 Å². The second-order valence-corrected chi connectivity index (χ2v) is 4.39. The molecule has 5 nitrogen and oxygen atoms in total. The summed E-state index contributed by atoms with van der Waals surface area (Å²) in [6.45, 7) is 2.53. The topological polar surface area (TPSA) is 73.9 Å². The summed E-state index contributed by atoms with van der Waals surface area (Å²) in [6.07, 6.45) is 0.815. The quantitative estimate of drug-likeness (QED) is 0.877. The maximum absolute atomic E-state index is 9.20. The minimum Gasteiger partial charge on any atom is -0.508 e. The highest BCUT2D eigenvalue weighted by molar-refractivity contribution is 5.55. The van der Waals surface area contributed by atoms with Crippen molar-refractivity contribution in [3.05, 3.63) is 41.1 Å². The Morgan fingerprint density at radius 1 is 1.37 bits per heavy atom. The predicted octanol–water partition coefficient (Wildman–Crippen LogP) is 1.96. The Hall–Kier alpha value is -2.48. The first-order valence-corrected chi connectivity index (χ1v) is 6.07. The van der Waals surface area contributed by atoms with Gasteiger partial charge in [-0.1, -0.05) is 12.1 Å². The molecule has 98 valence electrons. The molecule has 0 radical (unpaired) electrons. The van der Waals surface area contributed by atoms with E-state index >= 15 is 0 Å². The van der Waals surface area contributed by atoms with Gasteiger partial charge in [0.25, 0.3) is 0 Å². The maximum atomic E-state index is 9.20. The molecular weight excluding hydrogens is 240 g/mol. The van der Waals surface area contributed by atoms with Crippen LogP contribution in [0.25, 0.3) is 0 Å².